The molecule has 0 saturated carbocycles. The first-order valence-corrected chi connectivity index (χ1v) is 11.8. The minimum atomic E-state index is -0.629. The largest absolute Gasteiger partial charge is 0.394 e. The molecule has 1 fully saturated rings. The lowest BCUT2D eigenvalue weighted by molar-refractivity contribution is -0.160. The predicted molar refractivity (Wildman–Crippen MR) is 133 cm³/mol. The van der Waals surface area contributed by atoms with E-state index < -0.39 is 5.41 Å². The Hall–Kier alpha value is -1.81. The van der Waals surface area contributed by atoms with Gasteiger partial charge < -0.3 is 10.0 Å². The molecule has 0 aromatic heterocycles. The van der Waals surface area contributed by atoms with Crippen molar-refractivity contribution in [2.75, 3.05) is 6.61 Å². The van der Waals surface area contributed by atoms with Crippen molar-refractivity contribution in [3.63, 3.8) is 0 Å². The average molecular weight is 474 g/mol. The molecule has 1 amide bonds. The molecule has 1 heterocycles. The van der Waals surface area contributed by atoms with E-state index in [2.05, 4.69) is 33.4 Å². The van der Waals surface area contributed by atoms with Gasteiger partial charge in [-0.15, -0.1) is 6.58 Å². The fourth-order valence-corrected chi connectivity index (χ4v) is 5.33. The summed E-state index contributed by atoms with van der Waals surface area (Å²) in [6, 6.07) is 15.0. The van der Waals surface area contributed by atoms with E-state index in [0.29, 0.717) is 22.9 Å². The molecule has 2 aromatic rings. The minimum absolute atomic E-state index is 0.00562. The number of likely N-dealkylation sites (tertiary alicyclic amines) is 1. The van der Waals surface area contributed by atoms with Crippen molar-refractivity contribution < 1.29 is 9.90 Å². The lowest BCUT2D eigenvalue weighted by Gasteiger charge is -2.54. The number of carbonyl (C=O) groups excluding carboxylic acids is 1. The highest BCUT2D eigenvalue weighted by atomic mass is 35.5. The summed E-state index contributed by atoms with van der Waals surface area (Å²) in [5, 5.41) is 11.8. The Morgan fingerprint density at radius 1 is 1.16 bits per heavy atom. The Morgan fingerprint density at radius 2 is 1.81 bits per heavy atom. The van der Waals surface area contributed by atoms with Crippen LogP contribution < -0.4 is 0 Å². The van der Waals surface area contributed by atoms with E-state index in [9.17, 15) is 9.90 Å². The molecule has 0 radical (unpaired) electrons. The summed E-state index contributed by atoms with van der Waals surface area (Å²) in [7, 11) is 0. The van der Waals surface area contributed by atoms with Gasteiger partial charge in [0.05, 0.1) is 24.1 Å². The molecule has 3 nitrogen and oxygen atoms in total. The van der Waals surface area contributed by atoms with Gasteiger partial charge in [0.15, 0.2) is 0 Å². The number of aliphatic hydroxyl groups excluding tert-OH is 1. The number of amides is 1. The first kappa shape index (κ1) is 24.8. The van der Waals surface area contributed by atoms with Crippen LogP contribution in [0.15, 0.2) is 61.2 Å². The second kappa shape index (κ2) is 9.59. The molecule has 2 aromatic carbocycles. The minimum Gasteiger partial charge on any atom is -0.394 e. The molecule has 32 heavy (non-hydrogen) atoms. The standard InChI is InChI=1S/C27H33Cl2NO2/c1-6-14-27(5)16-22(19-8-7-9-21(29)15-19)24(18-10-12-20(28)13-11-18)30(25(27)32)23(17-31)26(2,3)4/h6-13,15,22-24,31H,1,14,16-17H2,2-5H3/t22?,23-,24-,27+/m1/s1. The number of halogens is 2. The smallest absolute Gasteiger partial charge is 0.229 e. The van der Waals surface area contributed by atoms with Crippen LogP contribution in [0.25, 0.3) is 0 Å². The van der Waals surface area contributed by atoms with Gasteiger partial charge in [-0.25, -0.2) is 0 Å². The number of rotatable bonds is 6. The third-order valence-corrected chi connectivity index (χ3v) is 7.18. The van der Waals surface area contributed by atoms with E-state index in [0.717, 1.165) is 11.1 Å². The van der Waals surface area contributed by atoms with Gasteiger partial charge in [-0.3, -0.25) is 4.79 Å². The second-order valence-corrected chi connectivity index (χ2v) is 11.1. The van der Waals surface area contributed by atoms with E-state index in [1.807, 2.05) is 60.4 Å². The van der Waals surface area contributed by atoms with Crippen molar-refractivity contribution in [3.8, 4) is 0 Å². The lowest BCUT2D eigenvalue weighted by Crippen LogP contribution is -2.59. The normalized spacial score (nSPS) is 25.0. The average Bonchev–Trinajstić information content (AvgIpc) is 2.71. The molecule has 172 valence electrons. The van der Waals surface area contributed by atoms with Crippen molar-refractivity contribution in [2.24, 2.45) is 10.8 Å². The SMILES string of the molecule is C=CC[C@@]1(C)CC(c2cccc(Cl)c2)[C@@H](c2ccc(Cl)cc2)N([C@H](CO)C(C)(C)C)C1=O. The summed E-state index contributed by atoms with van der Waals surface area (Å²) < 4.78 is 0. The van der Waals surface area contributed by atoms with Gasteiger partial charge in [0, 0.05) is 16.0 Å². The highest BCUT2D eigenvalue weighted by molar-refractivity contribution is 6.30. The molecular weight excluding hydrogens is 441 g/mol. The summed E-state index contributed by atoms with van der Waals surface area (Å²) in [5.41, 5.74) is 1.13. The van der Waals surface area contributed by atoms with E-state index in [4.69, 9.17) is 23.2 Å². The number of nitrogens with zero attached hydrogens (tertiary/aromatic N) is 1. The van der Waals surface area contributed by atoms with E-state index in [-0.39, 0.29) is 35.9 Å². The highest BCUT2D eigenvalue weighted by Gasteiger charge is 2.52. The van der Waals surface area contributed by atoms with Crippen LogP contribution in [0.3, 0.4) is 0 Å². The summed E-state index contributed by atoms with van der Waals surface area (Å²) in [6.07, 6.45) is 3.04. The molecule has 1 saturated heterocycles. The highest BCUT2D eigenvalue weighted by Crippen LogP contribution is 2.53. The molecule has 1 N–H and O–H groups in total. The fourth-order valence-electron chi connectivity index (χ4n) is 5.01. The molecule has 1 aliphatic heterocycles. The quantitative estimate of drug-likeness (QED) is 0.456. The second-order valence-electron chi connectivity index (χ2n) is 10.2. The Kier molecular flexibility index (Phi) is 7.44. The number of hydrogen-bond acceptors (Lipinski definition) is 2. The summed E-state index contributed by atoms with van der Waals surface area (Å²) in [4.78, 5) is 16.0. The van der Waals surface area contributed by atoms with Crippen LogP contribution in [0.4, 0.5) is 0 Å². The number of benzene rings is 2. The maximum Gasteiger partial charge on any atom is 0.229 e. The predicted octanol–water partition coefficient (Wildman–Crippen LogP) is 7.04. The first-order valence-electron chi connectivity index (χ1n) is 11.1. The Labute approximate surface area is 202 Å². The molecule has 0 bridgehead atoms. The number of carbonyl (C=O) groups is 1. The maximum atomic E-state index is 14.1. The molecule has 1 aliphatic rings. The molecule has 0 spiro atoms. The zero-order valence-corrected chi connectivity index (χ0v) is 20.8. The molecule has 4 atom stereocenters. The van der Waals surface area contributed by atoms with Crippen LogP contribution in [0.5, 0.6) is 0 Å². The van der Waals surface area contributed by atoms with Crippen molar-refractivity contribution in [3.05, 3.63) is 82.4 Å². The summed E-state index contributed by atoms with van der Waals surface area (Å²) in [5.74, 6) is 0.0403. The Morgan fingerprint density at radius 3 is 2.34 bits per heavy atom. The van der Waals surface area contributed by atoms with Crippen LogP contribution in [0, 0.1) is 10.8 Å². The van der Waals surface area contributed by atoms with Gasteiger partial charge in [-0.05, 0) is 53.6 Å². The zero-order valence-electron chi connectivity index (χ0n) is 19.3. The fraction of sp³-hybridized carbons (Fsp3) is 0.444. The van der Waals surface area contributed by atoms with Crippen molar-refractivity contribution >= 4 is 29.1 Å². The Bertz CT molecular complexity index is 966. The van der Waals surface area contributed by atoms with Crippen molar-refractivity contribution in [1.82, 2.24) is 4.90 Å². The summed E-state index contributed by atoms with van der Waals surface area (Å²) >= 11 is 12.6. The van der Waals surface area contributed by atoms with Gasteiger partial charge >= 0.3 is 0 Å². The number of allylic oxidation sites excluding steroid dienone is 1. The number of hydrogen-bond donors (Lipinski definition) is 1. The van der Waals surface area contributed by atoms with Gasteiger partial charge in [0.25, 0.3) is 0 Å². The molecule has 1 unspecified atom stereocenters. The summed E-state index contributed by atoms with van der Waals surface area (Å²) in [6.45, 7) is 12.0. The van der Waals surface area contributed by atoms with Crippen LogP contribution in [-0.2, 0) is 4.79 Å². The molecule has 5 heteroatoms. The molecule has 0 aliphatic carbocycles. The third-order valence-electron chi connectivity index (χ3n) is 6.69. The van der Waals surface area contributed by atoms with Gasteiger partial charge in [-0.2, -0.15) is 0 Å². The van der Waals surface area contributed by atoms with E-state index >= 15 is 0 Å². The number of piperidine rings is 1. The van der Waals surface area contributed by atoms with Gasteiger partial charge in [0.1, 0.15) is 0 Å². The zero-order chi connectivity index (χ0) is 23.7. The van der Waals surface area contributed by atoms with Crippen molar-refractivity contribution in [1.29, 1.82) is 0 Å². The van der Waals surface area contributed by atoms with Gasteiger partial charge in [-0.1, -0.05) is 81.2 Å². The first-order chi connectivity index (χ1) is 15.0. The monoisotopic (exact) mass is 473 g/mol. The van der Waals surface area contributed by atoms with Gasteiger partial charge in [0.2, 0.25) is 5.91 Å². The third kappa shape index (κ3) is 4.90. The van der Waals surface area contributed by atoms with Crippen LogP contribution in [0.1, 0.15) is 63.6 Å². The molecule has 3 rings (SSSR count). The Balaban J connectivity index is 2.27. The molecular formula is C27H33Cl2NO2. The topological polar surface area (TPSA) is 40.5 Å². The van der Waals surface area contributed by atoms with E-state index in [1.54, 1.807) is 0 Å². The maximum absolute atomic E-state index is 14.1. The number of aliphatic hydroxyl groups is 1. The van der Waals surface area contributed by atoms with Crippen molar-refractivity contribution in [2.45, 2.75) is 58.5 Å². The van der Waals surface area contributed by atoms with Crippen LogP contribution >= 0.6 is 23.2 Å². The van der Waals surface area contributed by atoms with Crippen LogP contribution in [0.2, 0.25) is 10.0 Å². The van der Waals surface area contributed by atoms with Crippen LogP contribution in [-0.4, -0.2) is 28.6 Å². The van der Waals surface area contributed by atoms with E-state index in [1.165, 1.54) is 0 Å². The lowest BCUT2D eigenvalue weighted by atomic mass is 9.66.